The third kappa shape index (κ3) is 1.57. The second-order valence-electron chi connectivity index (χ2n) is 4.30. The molecule has 1 aromatic carbocycles. The molecule has 1 unspecified atom stereocenters. The average molecular weight is 232 g/mol. The van der Waals surface area contributed by atoms with Crippen molar-refractivity contribution in [2.75, 3.05) is 0 Å². The molecule has 0 saturated heterocycles. The molecule has 88 valence electrons. The van der Waals surface area contributed by atoms with E-state index in [0.717, 1.165) is 18.4 Å². The Balaban J connectivity index is 2.22. The molecule has 3 rings (SSSR count). The van der Waals surface area contributed by atoms with E-state index in [1.165, 1.54) is 0 Å². The molecule has 1 aliphatic carbocycles. The van der Waals surface area contributed by atoms with Gasteiger partial charge in [0, 0.05) is 5.56 Å². The highest BCUT2D eigenvalue weighted by Crippen LogP contribution is 2.37. The van der Waals surface area contributed by atoms with Crippen LogP contribution in [0.4, 0.5) is 0 Å². The number of carboxylic acids is 1. The zero-order valence-corrected chi connectivity index (χ0v) is 9.08. The van der Waals surface area contributed by atoms with Crippen molar-refractivity contribution in [1.29, 1.82) is 0 Å². The molecule has 1 saturated carbocycles. The summed E-state index contributed by atoms with van der Waals surface area (Å²) in [5.74, 6) is -1.04. The second kappa shape index (κ2) is 3.53. The summed E-state index contributed by atoms with van der Waals surface area (Å²) in [5.41, 5.74) is 7.71. The number of carboxylic acid groups (broad SMARTS) is 1. The van der Waals surface area contributed by atoms with E-state index in [2.05, 4.69) is 10.3 Å². The molecule has 1 aliphatic rings. The van der Waals surface area contributed by atoms with Gasteiger partial charge < -0.3 is 10.8 Å². The summed E-state index contributed by atoms with van der Waals surface area (Å²) in [6.07, 6.45) is 2.13. The van der Waals surface area contributed by atoms with Gasteiger partial charge in [-0.3, -0.25) is 4.79 Å². The molecule has 1 fully saturated rings. The predicted octanol–water partition coefficient (Wildman–Crippen LogP) is 0.851. The third-order valence-electron chi connectivity index (χ3n) is 3.02. The summed E-state index contributed by atoms with van der Waals surface area (Å²) in [6.45, 7) is 0. The van der Waals surface area contributed by atoms with E-state index in [1.807, 2.05) is 6.07 Å². The van der Waals surface area contributed by atoms with E-state index in [9.17, 15) is 4.79 Å². The minimum atomic E-state index is -1.04. The zero-order valence-electron chi connectivity index (χ0n) is 9.08. The largest absolute Gasteiger partial charge is 0.480 e. The number of nitrogens with zero attached hydrogens (tertiary/aromatic N) is 3. The van der Waals surface area contributed by atoms with Crippen molar-refractivity contribution in [1.82, 2.24) is 15.0 Å². The molecular weight excluding hydrogens is 220 g/mol. The van der Waals surface area contributed by atoms with Gasteiger partial charge in [-0.2, -0.15) is 0 Å². The fourth-order valence-electron chi connectivity index (χ4n) is 1.98. The Bertz CT molecular complexity index is 588. The van der Waals surface area contributed by atoms with E-state index >= 15 is 0 Å². The fourth-order valence-corrected chi connectivity index (χ4v) is 1.98. The summed E-state index contributed by atoms with van der Waals surface area (Å²) < 4.78 is 1.80. The number of aromatic nitrogens is 3. The highest BCUT2D eigenvalue weighted by molar-refractivity contribution is 5.85. The third-order valence-corrected chi connectivity index (χ3v) is 3.02. The molecule has 6 nitrogen and oxygen atoms in total. The van der Waals surface area contributed by atoms with Gasteiger partial charge in [-0.1, -0.05) is 17.3 Å². The van der Waals surface area contributed by atoms with Crippen molar-refractivity contribution >= 4 is 17.0 Å². The van der Waals surface area contributed by atoms with Gasteiger partial charge in [0.25, 0.3) is 0 Å². The van der Waals surface area contributed by atoms with E-state index in [4.69, 9.17) is 10.8 Å². The van der Waals surface area contributed by atoms with Crippen LogP contribution in [-0.2, 0) is 4.79 Å². The van der Waals surface area contributed by atoms with Crippen LogP contribution in [0.2, 0.25) is 0 Å². The molecule has 3 N–H and O–H groups in total. The molecular formula is C11H12N4O2. The zero-order chi connectivity index (χ0) is 12.0. The predicted molar refractivity (Wildman–Crippen MR) is 60.4 cm³/mol. The van der Waals surface area contributed by atoms with Crippen molar-refractivity contribution in [3.63, 3.8) is 0 Å². The van der Waals surface area contributed by atoms with E-state index in [-0.39, 0.29) is 0 Å². The quantitative estimate of drug-likeness (QED) is 0.818. The number of rotatable bonds is 3. The Morgan fingerprint density at radius 1 is 1.53 bits per heavy atom. The molecule has 0 amide bonds. The van der Waals surface area contributed by atoms with Gasteiger partial charge in [0.05, 0.1) is 11.6 Å². The number of para-hydroxylation sites is 1. The number of benzene rings is 1. The molecule has 0 aliphatic heterocycles. The normalized spacial score (nSPS) is 17.2. The van der Waals surface area contributed by atoms with Crippen molar-refractivity contribution in [2.45, 2.75) is 24.9 Å². The van der Waals surface area contributed by atoms with Crippen molar-refractivity contribution in [3.8, 4) is 0 Å². The van der Waals surface area contributed by atoms with Gasteiger partial charge in [-0.05, 0) is 18.9 Å². The van der Waals surface area contributed by atoms with Crippen LogP contribution in [-0.4, -0.2) is 26.1 Å². The van der Waals surface area contributed by atoms with E-state index in [0.29, 0.717) is 17.1 Å². The van der Waals surface area contributed by atoms with Gasteiger partial charge in [0.1, 0.15) is 11.6 Å². The first-order valence-electron chi connectivity index (χ1n) is 5.50. The Hall–Kier alpha value is -1.95. The summed E-state index contributed by atoms with van der Waals surface area (Å²) in [5, 5.41) is 17.1. The van der Waals surface area contributed by atoms with E-state index in [1.54, 1.807) is 16.8 Å². The van der Waals surface area contributed by atoms with Crippen LogP contribution in [0.1, 0.15) is 30.5 Å². The first-order chi connectivity index (χ1) is 8.18. The molecule has 1 aromatic heterocycles. The minimum Gasteiger partial charge on any atom is -0.480 e. The van der Waals surface area contributed by atoms with Crippen LogP contribution in [0.5, 0.6) is 0 Å². The number of hydrogen-bond acceptors (Lipinski definition) is 4. The Labute approximate surface area is 97.0 Å². The molecule has 2 aromatic rings. The molecule has 0 spiro atoms. The molecule has 0 radical (unpaired) electrons. The summed E-state index contributed by atoms with van der Waals surface area (Å²) in [7, 11) is 0. The van der Waals surface area contributed by atoms with Crippen LogP contribution < -0.4 is 5.73 Å². The number of fused-ring (bicyclic) bond motifs is 1. The van der Waals surface area contributed by atoms with Crippen LogP contribution >= 0.6 is 0 Å². The number of nitrogens with two attached hydrogens (primary N) is 1. The minimum absolute atomic E-state index is 0.349. The first-order valence-corrected chi connectivity index (χ1v) is 5.50. The summed E-state index contributed by atoms with van der Waals surface area (Å²) in [6, 6.07) is 4.62. The van der Waals surface area contributed by atoms with Gasteiger partial charge >= 0.3 is 5.97 Å². The Morgan fingerprint density at radius 2 is 2.29 bits per heavy atom. The van der Waals surface area contributed by atoms with Crippen molar-refractivity contribution < 1.29 is 9.90 Å². The lowest BCUT2D eigenvalue weighted by atomic mass is 10.1. The average Bonchev–Trinajstić information content (AvgIpc) is 3.07. The SMILES string of the molecule is NC(C(=O)O)c1cccc2nnn(C3CC3)c12. The summed E-state index contributed by atoms with van der Waals surface area (Å²) >= 11 is 0. The second-order valence-corrected chi connectivity index (χ2v) is 4.30. The van der Waals surface area contributed by atoms with Gasteiger partial charge in [0.2, 0.25) is 0 Å². The maximum absolute atomic E-state index is 11.0. The molecule has 1 atom stereocenters. The molecule has 1 heterocycles. The lowest BCUT2D eigenvalue weighted by molar-refractivity contribution is -0.138. The van der Waals surface area contributed by atoms with Gasteiger partial charge in [-0.25, -0.2) is 4.68 Å². The topological polar surface area (TPSA) is 94.0 Å². The summed E-state index contributed by atoms with van der Waals surface area (Å²) in [4.78, 5) is 11.0. The van der Waals surface area contributed by atoms with Crippen molar-refractivity contribution in [2.24, 2.45) is 5.73 Å². The maximum atomic E-state index is 11.0. The van der Waals surface area contributed by atoms with Crippen LogP contribution in [0.25, 0.3) is 11.0 Å². The fraction of sp³-hybridized carbons (Fsp3) is 0.364. The monoisotopic (exact) mass is 232 g/mol. The maximum Gasteiger partial charge on any atom is 0.325 e. The van der Waals surface area contributed by atoms with E-state index < -0.39 is 12.0 Å². The standard InChI is InChI=1S/C11H12N4O2/c12-9(11(16)17)7-2-1-3-8-10(7)15(14-13-8)6-4-5-6/h1-3,6,9H,4-5,12H2,(H,16,17). The van der Waals surface area contributed by atoms with Crippen molar-refractivity contribution in [3.05, 3.63) is 23.8 Å². The lowest BCUT2D eigenvalue weighted by Crippen LogP contribution is -2.21. The number of hydrogen-bond donors (Lipinski definition) is 2. The molecule has 17 heavy (non-hydrogen) atoms. The molecule has 6 heteroatoms. The van der Waals surface area contributed by atoms with Gasteiger partial charge in [-0.15, -0.1) is 5.10 Å². The van der Waals surface area contributed by atoms with Crippen LogP contribution in [0.15, 0.2) is 18.2 Å². The first kappa shape index (κ1) is 10.2. The highest BCUT2D eigenvalue weighted by Gasteiger charge is 2.29. The van der Waals surface area contributed by atoms with Gasteiger partial charge in [0.15, 0.2) is 0 Å². The number of aliphatic carboxylic acids is 1. The number of carbonyl (C=O) groups is 1. The highest BCUT2D eigenvalue weighted by atomic mass is 16.4. The Kier molecular flexibility index (Phi) is 2.12. The Morgan fingerprint density at radius 3 is 2.94 bits per heavy atom. The lowest BCUT2D eigenvalue weighted by Gasteiger charge is -2.09. The molecule has 0 bridgehead atoms. The van der Waals surface area contributed by atoms with Crippen LogP contribution in [0.3, 0.4) is 0 Å². The smallest absolute Gasteiger partial charge is 0.325 e. The van der Waals surface area contributed by atoms with Crippen LogP contribution in [0, 0.1) is 0 Å².